The molecule has 3 aromatic rings. The molecule has 0 bridgehead atoms. The molecule has 3 rings (SSSR count). The van der Waals surface area contributed by atoms with E-state index in [-0.39, 0.29) is 0 Å². The Kier molecular flexibility index (Phi) is 2.33. The number of nitrogens with one attached hydrogen (secondary N) is 1. The third-order valence-electron chi connectivity index (χ3n) is 2.57. The van der Waals surface area contributed by atoms with Gasteiger partial charge in [0.2, 0.25) is 0 Å². The molecular weight excluding hydrogens is 232 g/mol. The van der Waals surface area contributed by atoms with Crippen molar-refractivity contribution in [2.45, 2.75) is 6.92 Å². The first-order chi connectivity index (χ1) is 8.22. The smallest absolute Gasteiger partial charge is 0.189 e. The Bertz CT molecular complexity index is 668. The van der Waals surface area contributed by atoms with E-state index >= 15 is 0 Å². The Morgan fingerprint density at radius 2 is 2.18 bits per heavy atom. The van der Waals surface area contributed by atoms with E-state index in [4.69, 9.17) is 0 Å². The Balaban J connectivity index is 1.98. The highest BCUT2D eigenvalue weighted by Gasteiger charge is 2.06. The van der Waals surface area contributed by atoms with Gasteiger partial charge in [0, 0.05) is 19.3 Å². The van der Waals surface area contributed by atoms with Gasteiger partial charge in [-0.05, 0) is 18.6 Å². The Morgan fingerprint density at radius 1 is 1.29 bits per heavy atom. The van der Waals surface area contributed by atoms with Gasteiger partial charge in [-0.3, -0.25) is 4.68 Å². The van der Waals surface area contributed by atoms with Crippen molar-refractivity contribution in [3.8, 4) is 0 Å². The SMILES string of the molecule is Cc1cccc2sc(Nc3ccn(C)n3)nc12. The van der Waals surface area contributed by atoms with E-state index in [9.17, 15) is 0 Å². The summed E-state index contributed by atoms with van der Waals surface area (Å²) in [5, 5.41) is 8.37. The van der Waals surface area contributed by atoms with Crippen molar-refractivity contribution in [2.24, 2.45) is 7.05 Å². The first kappa shape index (κ1) is 10.3. The second kappa shape index (κ2) is 3.85. The molecule has 0 aliphatic heterocycles. The van der Waals surface area contributed by atoms with Crippen LogP contribution < -0.4 is 5.32 Å². The number of benzene rings is 1. The summed E-state index contributed by atoms with van der Waals surface area (Å²) in [6.45, 7) is 2.08. The van der Waals surface area contributed by atoms with Crippen LogP contribution in [0.1, 0.15) is 5.56 Å². The van der Waals surface area contributed by atoms with E-state index in [1.165, 1.54) is 10.3 Å². The van der Waals surface area contributed by atoms with E-state index in [0.29, 0.717) is 0 Å². The molecule has 0 aliphatic rings. The highest BCUT2D eigenvalue weighted by molar-refractivity contribution is 7.22. The molecule has 0 fully saturated rings. The van der Waals surface area contributed by atoms with Gasteiger partial charge in [0.25, 0.3) is 0 Å². The normalized spacial score (nSPS) is 10.9. The van der Waals surface area contributed by atoms with Crippen molar-refractivity contribution < 1.29 is 0 Å². The van der Waals surface area contributed by atoms with Gasteiger partial charge in [0.05, 0.1) is 10.2 Å². The highest BCUT2D eigenvalue weighted by Crippen LogP contribution is 2.29. The lowest BCUT2D eigenvalue weighted by molar-refractivity contribution is 0.771. The Labute approximate surface area is 103 Å². The Morgan fingerprint density at radius 3 is 2.88 bits per heavy atom. The summed E-state index contributed by atoms with van der Waals surface area (Å²) >= 11 is 1.64. The molecule has 0 unspecified atom stereocenters. The fourth-order valence-corrected chi connectivity index (χ4v) is 2.68. The quantitative estimate of drug-likeness (QED) is 0.753. The van der Waals surface area contributed by atoms with Crippen LogP contribution in [-0.2, 0) is 7.05 Å². The number of nitrogens with zero attached hydrogens (tertiary/aromatic N) is 3. The van der Waals surface area contributed by atoms with Crippen molar-refractivity contribution in [3.63, 3.8) is 0 Å². The molecule has 0 atom stereocenters. The van der Waals surface area contributed by atoms with Crippen LogP contribution in [0.2, 0.25) is 0 Å². The number of hydrogen-bond donors (Lipinski definition) is 1. The van der Waals surface area contributed by atoms with Gasteiger partial charge in [-0.1, -0.05) is 23.5 Å². The summed E-state index contributed by atoms with van der Waals surface area (Å²) in [7, 11) is 1.90. The van der Waals surface area contributed by atoms with E-state index in [2.05, 4.69) is 40.5 Å². The van der Waals surface area contributed by atoms with Crippen molar-refractivity contribution >= 4 is 32.5 Å². The molecule has 2 aromatic heterocycles. The Hall–Kier alpha value is -1.88. The zero-order valence-electron chi connectivity index (χ0n) is 9.64. The highest BCUT2D eigenvalue weighted by atomic mass is 32.1. The molecular formula is C12H12N4S. The van der Waals surface area contributed by atoms with Gasteiger partial charge < -0.3 is 5.32 Å². The summed E-state index contributed by atoms with van der Waals surface area (Å²) in [5.74, 6) is 0.823. The molecule has 2 heterocycles. The molecule has 0 aliphatic carbocycles. The predicted molar refractivity (Wildman–Crippen MR) is 70.8 cm³/mol. The van der Waals surface area contributed by atoms with Crippen LogP contribution in [0.5, 0.6) is 0 Å². The largest absolute Gasteiger partial charge is 0.315 e. The first-order valence-corrected chi connectivity index (χ1v) is 6.17. The number of thiazole rings is 1. The van der Waals surface area contributed by atoms with Crippen molar-refractivity contribution in [1.82, 2.24) is 14.8 Å². The van der Waals surface area contributed by atoms with E-state index in [1.807, 2.05) is 19.3 Å². The maximum absolute atomic E-state index is 4.57. The summed E-state index contributed by atoms with van der Waals surface area (Å²) in [4.78, 5) is 4.57. The molecule has 0 spiro atoms. The second-order valence-electron chi connectivity index (χ2n) is 3.94. The third-order valence-corrected chi connectivity index (χ3v) is 3.51. The van der Waals surface area contributed by atoms with Crippen LogP contribution >= 0.6 is 11.3 Å². The lowest BCUT2D eigenvalue weighted by Gasteiger charge is -1.95. The van der Waals surface area contributed by atoms with Gasteiger partial charge >= 0.3 is 0 Å². The molecule has 0 radical (unpaired) electrons. The van der Waals surface area contributed by atoms with Crippen LogP contribution in [0, 0.1) is 6.92 Å². The summed E-state index contributed by atoms with van der Waals surface area (Å²) in [6, 6.07) is 8.15. The van der Waals surface area contributed by atoms with Gasteiger partial charge in [-0.25, -0.2) is 4.98 Å². The number of fused-ring (bicyclic) bond motifs is 1. The standard InChI is InChI=1S/C12H12N4S/c1-8-4-3-5-9-11(8)14-12(17-9)13-10-6-7-16(2)15-10/h3-7H,1-2H3,(H,13,14,15). The molecule has 1 N–H and O–H groups in total. The minimum Gasteiger partial charge on any atom is -0.315 e. The predicted octanol–water partition coefficient (Wildman–Crippen LogP) is 3.08. The summed E-state index contributed by atoms with van der Waals surface area (Å²) in [6.07, 6.45) is 1.90. The molecule has 4 nitrogen and oxygen atoms in total. The lowest BCUT2D eigenvalue weighted by atomic mass is 10.2. The van der Waals surface area contributed by atoms with E-state index in [0.717, 1.165) is 16.5 Å². The minimum absolute atomic E-state index is 0.823. The van der Waals surface area contributed by atoms with Crippen molar-refractivity contribution in [3.05, 3.63) is 36.0 Å². The summed E-state index contributed by atoms with van der Waals surface area (Å²) in [5.41, 5.74) is 2.27. The topological polar surface area (TPSA) is 42.7 Å². The number of rotatable bonds is 2. The van der Waals surface area contributed by atoms with Gasteiger partial charge in [-0.15, -0.1) is 0 Å². The van der Waals surface area contributed by atoms with E-state index < -0.39 is 0 Å². The molecule has 86 valence electrons. The van der Waals surface area contributed by atoms with Crippen molar-refractivity contribution in [1.29, 1.82) is 0 Å². The maximum Gasteiger partial charge on any atom is 0.189 e. The van der Waals surface area contributed by atoms with Gasteiger partial charge in [0.1, 0.15) is 0 Å². The average molecular weight is 244 g/mol. The third kappa shape index (κ3) is 1.89. The first-order valence-electron chi connectivity index (χ1n) is 5.35. The number of anilines is 2. The molecule has 17 heavy (non-hydrogen) atoms. The number of hydrogen-bond acceptors (Lipinski definition) is 4. The second-order valence-corrected chi connectivity index (χ2v) is 4.97. The molecule has 0 saturated heterocycles. The number of para-hydroxylation sites is 1. The molecule has 0 saturated carbocycles. The number of aromatic nitrogens is 3. The van der Waals surface area contributed by atoms with Crippen LogP contribution in [-0.4, -0.2) is 14.8 Å². The molecule has 5 heteroatoms. The van der Waals surface area contributed by atoms with E-state index in [1.54, 1.807) is 16.0 Å². The zero-order valence-corrected chi connectivity index (χ0v) is 10.5. The fourth-order valence-electron chi connectivity index (χ4n) is 1.73. The van der Waals surface area contributed by atoms with Gasteiger partial charge in [-0.2, -0.15) is 5.10 Å². The monoisotopic (exact) mass is 244 g/mol. The lowest BCUT2D eigenvalue weighted by Crippen LogP contribution is -1.92. The van der Waals surface area contributed by atoms with Crippen LogP contribution in [0.3, 0.4) is 0 Å². The average Bonchev–Trinajstić information content (AvgIpc) is 2.86. The molecule has 0 amide bonds. The maximum atomic E-state index is 4.57. The zero-order chi connectivity index (χ0) is 11.8. The van der Waals surface area contributed by atoms with Crippen LogP contribution in [0.25, 0.3) is 10.2 Å². The minimum atomic E-state index is 0.823. The van der Waals surface area contributed by atoms with Crippen LogP contribution in [0.15, 0.2) is 30.5 Å². The number of aryl methyl sites for hydroxylation is 2. The molecule has 1 aromatic carbocycles. The van der Waals surface area contributed by atoms with Crippen LogP contribution in [0.4, 0.5) is 10.9 Å². The van der Waals surface area contributed by atoms with Crippen molar-refractivity contribution in [2.75, 3.05) is 5.32 Å². The summed E-state index contributed by atoms with van der Waals surface area (Å²) < 4.78 is 2.96. The van der Waals surface area contributed by atoms with Gasteiger partial charge in [0.15, 0.2) is 10.9 Å². The fraction of sp³-hybridized carbons (Fsp3) is 0.167.